The number of piperidine rings is 1. The number of hydrogen-bond acceptors (Lipinski definition) is 4. The molecule has 16 heavy (non-hydrogen) atoms. The first kappa shape index (κ1) is 11.8. The highest BCUT2D eigenvalue weighted by Gasteiger charge is 2.34. The second-order valence-electron chi connectivity index (χ2n) is 4.83. The Morgan fingerprint density at radius 2 is 2.00 bits per heavy atom. The van der Waals surface area contributed by atoms with Gasteiger partial charge in [0.1, 0.15) is 6.04 Å². The van der Waals surface area contributed by atoms with Gasteiger partial charge in [-0.2, -0.15) is 0 Å². The third kappa shape index (κ3) is 2.53. The fraction of sp³-hybridized carbons (Fsp3) is 0.909. The van der Waals surface area contributed by atoms with Gasteiger partial charge in [0, 0.05) is 25.7 Å². The van der Waals surface area contributed by atoms with Gasteiger partial charge in [-0.25, -0.2) is 0 Å². The molecule has 2 heterocycles. The van der Waals surface area contributed by atoms with Gasteiger partial charge in [-0.3, -0.25) is 9.69 Å². The normalized spacial score (nSPS) is 30.4. The van der Waals surface area contributed by atoms with Gasteiger partial charge in [-0.15, -0.1) is 0 Å². The first-order valence-corrected chi connectivity index (χ1v) is 6.06. The van der Waals surface area contributed by atoms with Gasteiger partial charge in [-0.1, -0.05) is 0 Å². The van der Waals surface area contributed by atoms with Crippen LogP contribution in [0.3, 0.4) is 0 Å². The summed E-state index contributed by atoms with van der Waals surface area (Å²) in [6.45, 7) is 4.53. The van der Waals surface area contributed by atoms with Gasteiger partial charge in [0.05, 0.1) is 0 Å². The van der Waals surface area contributed by atoms with Gasteiger partial charge in [0.2, 0.25) is 0 Å². The maximum absolute atomic E-state index is 11.2. The minimum atomic E-state index is -0.689. The number of rotatable bonds is 2. The molecule has 0 bridgehead atoms. The van der Waals surface area contributed by atoms with Crippen LogP contribution in [0.5, 0.6) is 0 Å². The van der Waals surface area contributed by atoms with Gasteiger partial charge in [-0.05, 0) is 33.0 Å². The largest absolute Gasteiger partial charge is 0.480 e. The van der Waals surface area contributed by atoms with Gasteiger partial charge in [0.15, 0.2) is 0 Å². The lowest BCUT2D eigenvalue weighted by Gasteiger charge is -2.42. The number of carboxylic acid groups (broad SMARTS) is 1. The Hall–Kier alpha value is -0.650. The molecule has 2 saturated heterocycles. The number of nitrogens with one attached hydrogen (secondary N) is 1. The fourth-order valence-electron chi connectivity index (χ4n) is 2.71. The van der Waals surface area contributed by atoms with Crippen LogP contribution in [-0.4, -0.2) is 72.7 Å². The maximum Gasteiger partial charge on any atom is 0.322 e. The van der Waals surface area contributed by atoms with E-state index in [0.29, 0.717) is 12.6 Å². The Labute approximate surface area is 96.4 Å². The van der Waals surface area contributed by atoms with Gasteiger partial charge >= 0.3 is 5.97 Å². The maximum atomic E-state index is 11.2. The van der Waals surface area contributed by atoms with E-state index in [4.69, 9.17) is 0 Å². The average molecular weight is 227 g/mol. The third-order valence-corrected chi connectivity index (χ3v) is 3.73. The number of aliphatic carboxylic acids is 1. The molecule has 2 rings (SSSR count). The van der Waals surface area contributed by atoms with Crippen molar-refractivity contribution in [3.05, 3.63) is 0 Å². The van der Waals surface area contributed by atoms with Gasteiger partial charge in [0.25, 0.3) is 0 Å². The lowest BCUT2D eigenvalue weighted by atomic mass is 10.00. The number of hydrogen-bond donors (Lipinski definition) is 2. The topological polar surface area (TPSA) is 55.8 Å². The second-order valence-corrected chi connectivity index (χ2v) is 4.83. The average Bonchev–Trinajstić information content (AvgIpc) is 2.30. The molecule has 0 spiro atoms. The lowest BCUT2D eigenvalue weighted by Crippen LogP contribution is -2.59. The molecule has 0 amide bonds. The number of piperazine rings is 1. The van der Waals surface area contributed by atoms with Crippen molar-refractivity contribution in [3.8, 4) is 0 Å². The van der Waals surface area contributed by atoms with Crippen LogP contribution in [-0.2, 0) is 4.79 Å². The molecular formula is C11H21N3O2. The Morgan fingerprint density at radius 1 is 1.31 bits per heavy atom. The SMILES string of the molecule is CN1CCC(N2CCNC[C@H]2C(=O)O)CC1. The molecule has 0 unspecified atom stereocenters. The van der Waals surface area contributed by atoms with E-state index in [-0.39, 0.29) is 6.04 Å². The van der Waals surface area contributed by atoms with Crippen molar-refractivity contribution in [2.75, 3.05) is 39.8 Å². The molecule has 0 aromatic carbocycles. The summed E-state index contributed by atoms with van der Waals surface area (Å²) < 4.78 is 0. The number of carbonyl (C=O) groups is 1. The molecule has 1 atom stereocenters. The predicted octanol–water partition coefficient (Wildman–Crippen LogP) is -0.561. The van der Waals surface area contributed by atoms with E-state index in [2.05, 4.69) is 22.2 Å². The van der Waals surface area contributed by atoms with Crippen LogP contribution in [0.15, 0.2) is 0 Å². The van der Waals surface area contributed by atoms with Crippen LogP contribution in [0.1, 0.15) is 12.8 Å². The van der Waals surface area contributed by atoms with E-state index in [1.54, 1.807) is 0 Å². The zero-order chi connectivity index (χ0) is 11.5. The molecule has 0 aromatic rings. The van der Waals surface area contributed by atoms with Crippen LogP contribution < -0.4 is 5.32 Å². The summed E-state index contributed by atoms with van der Waals surface area (Å²) in [6, 6.07) is 0.126. The Morgan fingerprint density at radius 3 is 2.62 bits per heavy atom. The summed E-state index contributed by atoms with van der Waals surface area (Å²) in [4.78, 5) is 15.7. The van der Waals surface area contributed by atoms with Crippen molar-refractivity contribution >= 4 is 5.97 Å². The molecule has 5 heteroatoms. The van der Waals surface area contributed by atoms with Crippen molar-refractivity contribution in [1.29, 1.82) is 0 Å². The highest BCUT2D eigenvalue weighted by Crippen LogP contribution is 2.19. The Kier molecular flexibility index (Phi) is 3.78. The molecule has 0 aromatic heterocycles. The minimum Gasteiger partial charge on any atom is -0.480 e. The first-order valence-electron chi connectivity index (χ1n) is 6.06. The molecule has 0 aliphatic carbocycles. The Bertz CT molecular complexity index is 252. The number of carboxylic acids is 1. The molecular weight excluding hydrogens is 206 g/mol. The van der Waals surface area contributed by atoms with E-state index in [1.165, 1.54) is 0 Å². The van der Waals surface area contributed by atoms with Crippen molar-refractivity contribution in [1.82, 2.24) is 15.1 Å². The van der Waals surface area contributed by atoms with E-state index >= 15 is 0 Å². The predicted molar refractivity (Wildman–Crippen MR) is 61.5 cm³/mol. The van der Waals surface area contributed by atoms with Gasteiger partial charge < -0.3 is 15.3 Å². The summed E-state index contributed by atoms with van der Waals surface area (Å²) in [5, 5.41) is 12.4. The van der Waals surface area contributed by atoms with Crippen LogP contribution in [0.4, 0.5) is 0 Å². The van der Waals surface area contributed by atoms with E-state index in [9.17, 15) is 9.90 Å². The highest BCUT2D eigenvalue weighted by atomic mass is 16.4. The standard InChI is InChI=1S/C11H21N3O2/c1-13-5-2-9(3-6-13)14-7-4-12-8-10(14)11(15)16/h9-10,12H,2-8H2,1H3,(H,15,16)/t10-/m0/s1. The van der Waals surface area contributed by atoms with Crippen molar-refractivity contribution < 1.29 is 9.90 Å². The quantitative estimate of drug-likeness (QED) is 0.662. The van der Waals surface area contributed by atoms with Crippen LogP contribution in [0.2, 0.25) is 0 Å². The smallest absolute Gasteiger partial charge is 0.322 e. The van der Waals surface area contributed by atoms with E-state index in [0.717, 1.165) is 39.0 Å². The molecule has 5 nitrogen and oxygen atoms in total. The molecule has 2 aliphatic heterocycles. The molecule has 92 valence electrons. The van der Waals surface area contributed by atoms with Crippen molar-refractivity contribution in [2.24, 2.45) is 0 Å². The number of likely N-dealkylation sites (tertiary alicyclic amines) is 1. The van der Waals surface area contributed by atoms with Crippen LogP contribution in [0.25, 0.3) is 0 Å². The van der Waals surface area contributed by atoms with Crippen LogP contribution in [0, 0.1) is 0 Å². The summed E-state index contributed by atoms with van der Waals surface area (Å²) in [6.07, 6.45) is 2.20. The Balaban J connectivity index is 1.97. The fourth-order valence-corrected chi connectivity index (χ4v) is 2.71. The molecule has 2 fully saturated rings. The second kappa shape index (κ2) is 5.12. The zero-order valence-electron chi connectivity index (χ0n) is 9.85. The monoisotopic (exact) mass is 227 g/mol. The highest BCUT2D eigenvalue weighted by molar-refractivity contribution is 5.74. The van der Waals surface area contributed by atoms with E-state index < -0.39 is 5.97 Å². The summed E-state index contributed by atoms with van der Waals surface area (Å²) in [7, 11) is 2.13. The summed E-state index contributed by atoms with van der Waals surface area (Å²) in [5.41, 5.74) is 0. The zero-order valence-corrected chi connectivity index (χ0v) is 9.85. The van der Waals surface area contributed by atoms with Crippen molar-refractivity contribution in [2.45, 2.75) is 24.9 Å². The van der Waals surface area contributed by atoms with Crippen molar-refractivity contribution in [3.63, 3.8) is 0 Å². The minimum absolute atomic E-state index is 0.331. The summed E-state index contributed by atoms with van der Waals surface area (Å²) >= 11 is 0. The molecule has 2 aliphatic rings. The number of nitrogens with zero attached hydrogens (tertiary/aromatic N) is 2. The van der Waals surface area contributed by atoms with E-state index in [1.807, 2.05) is 0 Å². The summed E-state index contributed by atoms with van der Waals surface area (Å²) in [5.74, 6) is -0.689. The molecule has 0 radical (unpaired) electrons. The molecule has 0 saturated carbocycles. The molecule has 2 N–H and O–H groups in total. The third-order valence-electron chi connectivity index (χ3n) is 3.73. The first-order chi connectivity index (χ1) is 7.68. The van der Waals surface area contributed by atoms with Crippen LogP contribution >= 0.6 is 0 Å². The lowest BCUT2D eigenvalue weighted by molar-refractivity contribution is -0.145.